The summed E-state index contributed by atoms with van der Waals surface area (Å²) in [7, 11) is 1.50. The summed E-state index contributed by atoms with van der Waals surface area (Å²) in [4.78, 5) is 5.17. The molecule has 3 heteroatoms. The minimum Gasteiger partial charge on any atom is -0.333 e. The molecular formula is C16H29N3. The minimum absolute atomic E-state index is 1.11. The van der Waals surface area contributed by atoms with Crippen molar-refractivity contribution in [3.8, 4) is 0 Å². The fourth-order valence-corrected chi connectivity index (χ4v) is 2.39. The maximum Gasteiger partial charge on any atom is 0.0234 e. The second-order valence-corrected chi connectivity index (χ2v) is 4.96. The number of unbranched alkanes of at least 4 members (excludes halogenated alkanes) is 1. The molecule has 3 nitrogen and oxygen atoms in total. The first-order chi connectivity index (χ1) is 9.38. The van der Waals surface area contributed by atoms with Crippen molar-refractivity contribution in [2.45, 2.75) is 26.3 Å². The van der Waals surface area contributed by atoms with E-state index in [1.807, 2.05) is 0 Å². The molecule has 1 aromatic carbocycles. The van der Waals surface area contributed by atoms with Gasteiger partial charge in [-0.15, -0.1) is 0 Å². The van der Waals surface area contributed by atoms with E-state index in [2.05, 4.69) is 52.8 Å². The molecule has 2 N–H and O–H groups in total. The highest BCUT2D eigenvalue weighted by molar-refractivity contribution is 5.14. The van der Waals surface area contributed by atoms with Crippen LogP contribution in [0.3, 0.4) is 0 Å². The van der Waals surface area contributed by atoms with Crippen LogP contribution in [0.1, 0.15) is 25.3 Å². The van der Waals surface area contributed by atoms with E-state index in [1.54, 1.807) is 0 Å². The molecule has 1 aliphatic rings. The standard InChI is InChI=1S/C15H24N2.CH5N/c1-2-3-9-16-10-12-17(13-11-16)14-15-7-5-4-6-8-15;1-2/h4-8H,2-3,9-14H2,1H3;2H2,1H3. The molecule has 0 atom stereocenters. The van der Waals surface area contributed by atoms with Crippen LogP contribution in [0.4, 0.5) is 0 Å². The average Bonchev–Trinajstić information content (AvgIpc) is 2.50. The van der Waals surface area contributed by atoms with Crippen molar-refractivity contribution in [1.82, 2.24) is 9.80 Å². The van der Waals surface area contributed by atoms with Gasteiger partial charge < -0.3 is 10.6 Å². The van der Waals surface area contributed by atoms with Gasteiger partial charge in [-0.1, -0.05) is 43.7 Å². The quantitative estimate of drug-likeness (QED) is 0.884. The van der Waals surface area contributed by atoms with E-state index in [0.717, 1.165) is 6.54 Å². The average molecular weight is 263 g/mol. The Hall–Kier alpha value is -0.900. The van der Waals surface area contributed by atoms with E-state index < -0.39 is 0 Å². The van der Waals surface area contributed by atoms with Crippen molar-refractivity contribution in [2.24, 2.45) is 5.73 Å². The molecule has 0 amide bonds. The Labute approximate surface area is 118 Å². The van der Waals surface area contributed by atoms with Gasteiger partial charge in [0.25, 0.3) is 0 Å². The van der Waals surface area contributed by atoms with E-state index in [1.165, 1.54) is 58.2 Å². The lowest BCUT2D eigenvalue weighted by Gasteiger charge is -2.34. The van der Waals surface area contributed by atoms with E-state index in [4.69, 9.17) is 0 Å². The predicted octanol–water partition coefficient (Wildman–Crippen LogP) is 2.18. The Morgan fingerprint density at radius 2 is 1.53 bits per heavy atom. The SMILES string of the molecule is CCCCN1CCN(Cc2ccccc2)CC1.CN. The summed E-state index contributed by atoms with van der Waals surface area (Å²) in [5, 5.41) is 0. The molecule has 1 saturated heterocycles. The second kappa shape index (κ2) is 9.96. The van der Waals surface area contributed by atoms with Crippen LogP contribution in [-0.4, -0.2) is 49.6 Å². The van der Waals surface area contributed by atoms with E-state index in [0.29, 0.717) is 0 Å². The van der Waals surface area contributed by atoms with Gasteiger partial charge in [-0.2, -0.15) is 0 Å². The van der Waals surface area contributed by atoms with Gasteiger partial charge in [-0.25, -0.2) is 0 Å². The lowest BCUT2D eigenvalue weighted by atomic mass is 10.2. The van der Waals surface area contributed by atoms with Gasteiger partial charge in [-0.05, 0) is 25.6 Å². The van der Waals surface area contributed by atoms with Crippen molar-refractivity contribution in [1.29, 1.82) is 0 Å². The third-order valence-corrected chi connectivity index (χ3v) is 3.54. The molecule has 108 valence electrons. The van der Waals surface area contributed by atoms with Crippen molar-refractivity contribution in [2.75, 3.05) is 39.8 Å². The van der Waals surface area contributed by atoms with E-state index in [-0.39, 0.29) is 0 Å². The molecule has 1 heterocycles. The molecule has 0 bridgehead atoms. The van der Waals surface area contributed by atoms with Gasteiger partial charge in [0.1, 0.15) is 0 Å². The zero-order valence-electron chi connectivity index (χ0n) is 12.5. The summed E-state index contributed by atoms with van der Waals surface area (Å²) in [6.07, 6.45) is 2.66. The maximum atomic E-state index is 4.50. The monoisotopic (exact) mass is 263 g/mol. The Morgan fingerprint density at radius 1 is 0.947 bits per heavy atom. The van der Waals surface area contributed by atoms with Crippen LogP contribution in [0.15, 0.2) is 30.3 Å². The number of hydrogen-bond donors (Lipinski definition) is 1. The zero-order chi connectivity index (χ0) is 13.9. The number of hydrogen-bond acceptors (Lipinski definition) is 3. The molecule has 0 aliphatic carbocycles. The highest BCUT2D eigenvalue weighted by Crippen LogP contribution is 2.08. The molecule has 0 aromatic heterocycles. The van der Waals surface area contributed by atoms with Crippen molar-refractivity contribution in [3.63, 3.8) is 0 Å². The molecule has 0 saturated carbocycles. The molecule has 0 unspecified atom stereocenters. The first-order valence-electron chi connectivity index (χ1n) is 7.45. The highest BCUT2D eigenvalue weighted by atomic mass is 15.3. The number of nitrogens with two attached hydrogens (primary N) is 1. The summed E-state index contributed by atoms with van der Waals surface area (Å²) >= 11 is 0. The van der Waals surface area contributed by atoms with Crippen LogP contribution >= 0.6 is 0 Å². The second-order valence-electron chi connectivity index (χ2n) is 4.96. The summed E-state index contributed by atoms with van der Waals surface area (Å²) < 4.78 is 0. The highest BCUT2D eigenvalue weighted by Gasteiger charge is 2.15. The fourth-order valence-electron chi connectivity index (χ4n) is 2.39. The molecule has 1 aliphatic heterocycles. The van der Waals surface area contributed by atoms with Crippen LogP contribution in [-0.2, 0) is 6.54 Å². The Bertz CT molecular complexity index is 305. The Morgan fingerprint density at radius 3 is 2.11 bits per heavy atom. The van der Waals surface area contributed by atoms with Crippen LogP contribution in [0.5, 0.6) is 0 Å². The lowest BCUT2D eigenvalue weighted by molar-refractivity contribution is 0.126. The molecule has 0 radical (unpaired) electrons. The summed E-state index contributed by atoms with van der Waals surface area (Å²) in [6, 6.07) is 10.8. The van der Waals surface area contributed by atoms with E-state index >= 15 is 0 Å². The van der Waals surface area contributed by atoms with Crippen LogP contribution < -0.4 is 5.73 Å². The van der Waals surface area contributed by atoms with Crippen molar-refractivity contribution >= 4 is 0 Å². The third kappa shape index (κ3) is 6.19. The molecule has 1 aromatic rings. The summed E-state index contributed by atoms with van der Waals surface area (Å²) in [5.41, 5.74) is 5.94. The van der Waals surface area contributed by atoms with Gasteiger partial charge in [0, 0.05) is 32.7 Å². The van der Waals surface area contributed by atoms with Crippen molar-refractivity contribution < 1.29 is 0 Å². The Kier molecular flexibility index (Phi) is 8.47. The Balaban J connectivity index is 0.000000861. The van der Waals surface area contributed by atoms with Gasteiger partial charge in [0.15, 0.2) is 0 Å². The molecule has 19 heavy (non-hydrogen) atoms. The smallest absolute Gasteiger partial charge is 0.0234 e. The minimum atomic E-state index is 1.11. The number of rotatable bonds is 5. The predicted molar refractivity (Wildman–Crippen MR) is 83.2 cm³/mol. The molecule has 2 rings (SSSR count). The van der Waals surface area contributed by atoms with Gasteiger partial charge >= 0.3 is 0 Å². The maximum absolute atomic E-state index is 4.50. The third-order valence-electron chi connectivity index (χ3n) is 3.54. The van der Waals surface area contributed by atoms with Gasteiger partial charge in [0.05, 0.1) is 0 Å². The first-order valence-corrected chi connectivity index (χ1v) is 7.45. The summed E-state index contributed by atoms with van der Waals surface area (Å²) in [6.45, 7) is 9.60. The number of piperazine rings is 1. The summed E-state index contributed by atoms with van der Waals surface area (Å²) in [5.74, 6) is 0. The molecule has 1 fully saturated rings. The van der Waals surface area contributed by atoms with Crippen LogP contribution in [0.2, 0.25) is 0 Å². The van der Waals surface area contributed by atoms with Crippen molar-refractivity contribution in [3.05, 3.63) is 35.9 Å². The molecular weight excluding hydrogens is 234 g/mol. The van der Waals surface area contributed by atoms with Gasteiger partial charge in [0.2, 0.25) is 0 Å². The number of nitrogens with zero attached hydrogens (tertiary/aromatic N) is 2. The van der Waals surface area contributed by atoms with Crippen LogP contribution in [0, 0.1) is 0 Å². The number of benzene rings is 1. The molecule has 0 spiro atoms. The first kappa shape index (κ1) is 16.2. The van der Waals surface area contributed by atoms with E-state index in [9.17, 15) is 0 Å². The largest absolute Gasteiger partial charge is 0.333 e. The lowest BCUT2D eigenvalue weighted by Crippen LogP contribution is -2.46. The fraction of sp³-hybridized carbons (Fsp3) is 0.625. The van der Waals surface area contributed by atoms with Crippen LogP contribution in [0.25, 0.3) is 0 Å². The topological polar surface area (TPSA) is 32.5 Å². The zero-order valence-corrected chi connectivity index (χ0v) is 12.5. The normalized spacial score (nSPS) is 16.8. The van der Waals surface area contributed by atoms with Gasteiger partial charge in [-0.3, -0.25) is 4.90 Å².